The van der Waals surface area contributed by atoms with Gasteiger partial charge in [0.05, 0.1) is 12.5 Å². The molecule has 7 nitrogen and oxygen atoms in total. The normalized spacial score (nSPS) is 17.0. The number of carbonyl (C=O) groups excluding carboxylic acids is 1. The van der Waals surface area contributed by atoms with E-state index in [0.29, 0.717) is 30.5 Å². The smallest absolute Gasteiger partial charge is 0.310 e. The van der Waals surface area contributed by atoms with E-state index >= 15 is 0 Å². The molecular formula is C19H25N5O2. The number of nitrogen functional groups attached to an aromatic ring is 1. The Labute approximate surface area is 153 Å². The number of rotatable bonds is 5. The summed E-state index contributed by atoms with van der Waals surface area (Å²) in [6.45, 7) is 3.60. The first-order chi connectivity index (χ1) is 12.6. The van der Waals surface area contributed by atoms with E-state index in [4.69, 9.17) is 10.5 Å². The summed E-state index contributed by atoms with van der Waals surface area (Å²) in [4.78, 5) is 24.9. The minimum Gasteiger partial charge on any atom is -0.466 e. The van der Waals surface area contributed by atoms with Gasteiger partial charge in [-0.1, -0.05) is 18.2 Å². The van der Waals surface area contributed by atoms with Crippen molar-refractivity contribution in [2.75, 3.05) is 42.3 Å². The van der Waals surface area contributed by atoms with Crippen LogP contribution in [0.4, 0.5) is 23.0 Å². The Morgan fingerprint density at radius 1 is 1.35 bits per heavy atom. The van der Waals surface area contributed by atoms with Crippen LogP contribution in [-0.4, -0.2) is 42.7 Å². The lowest BCUT2D eigenvalue weighted by atomic mass is 9.98. The molecule has 0 bridgehead atoms. The van der Waals surface area contributed by atoms with Crippen LogP contribution < -0.4 is 15.5 Å². The van der Waals surface area contributed by atoms with Gasteiger partial charge in [0.25, 0.3) is 0 Å². The third-order valence-corrected chi connectivity index (χ3v) is 4.64. The molecule has 0 radical (unpaired) electrons. The Balaban J connectivity index is 1.84. The van der Waals surface area contributed by atoms with Crippen LogP contribution in [0, 0.1) is 5.92 Å². The molecular weight excluding hydrogens is 330 g/mol. The molecule has 1 atom stereocenters. The average Bonchev–Trinajstić information content (AvgIpc) is 2.68. The fourth-order valence-corrected chi connectivity index (χ4v) is 3.29. The molecule has 2 N–H and O–H groups in total. The van der Waals surface area contributed by atoms with Crippen molar-refractivity contribution in [2.45, 2.75) is 19.8 Å². The largest absolute Gasteiger partial charge is 0.466 e. The first-order valence-corrected chi connectivity index (χ1v) is 8.92. The topological polar surface area (TPSA) is 84.6 Å². The van der Waals surface area contributed by atoms with Crippen molar-refractivity contribution < 1.29 is 9.53 Å². The van der Waals surface area contributed by atoms with E-state index < -0.39 is 0 Å². The van der Waals surface area contributed by atoms with Crippen LogP contribution in [0.25, 0.3) is 0 Å². The van der Waals surface area contributed by atoms with E-state index in [2.05, 4.69) is 14.9 Å². The third kappa shape index (κ3) is 3.71. The molecule has 3 rings (SSSR count). The maximum atomic E-state index is 12.1. The molecule has 1 aliphatic heterocycles. The number of carbonyl (C=O) groups is 1. The van der Waals surface area contributed by atoms with Crippen LogP contribution in [-0.2, 0) is 9.53 Å². The van der Waals surface area contributed by atoms with Crippen LogP contribution in [0.5, 0.6) is 0 Å². The zero-order valence-corrected chi connectivity index (χ0v) is 15.3. The summed E-state index contributed by atoms with van der Waals surface area (Å²) in [6, 6.07) is 9.91. The molecule has 2 aromatic rings. The lowest BCUT2D eigenvalue weighted by molar-refractivity contribution is -0.148. The molecule has 1 aliphatic rings. The lowest BCUT2D eigenvalue weighted by Crippen LogP contribution is -2.40. The zero-order chi connectivity index (χ0) is 18.5. The van der Waals surface area contributed by atoms with Gasteiger partial charge in [-0.2, -0.15) is 0 Å². The first kappa shape index (κ1) is 18.0. The van der Waals surface area contributed by atoms with Crippen LogP contribution in [0.3, 0.4) is 0 Å². The molecule has 0 amide bonds. The maximum absolute atomic E-state index is 12.1. The molecule has 0 aliphatic carbocycles. The second-order valence-electron chi connectivity index (χ2n) is 6.37. The number of piperidine rings is 1. The number of hydrogen-bond acceptors (Lipinski definition) is 7. The highest BCUT2D eigenvalue weighted by Gasteiger charge is 2.29. The Hall–Kier alpha value is -2.83. The summed E-state index contributed by atoms with van der Waals surface area (Å²) < 4.78 is 5.18. The van der Waals surface area contributed by atoms with E-state index in [0.717, 1.165) is 25.1 Å². The molecule has 1 aromatic carbocycles. The quantitative estimate of drug-likeness (QED) is 0.825. The van der Waals surface area contributed by atoms with Gasteiger partial charge in [0, 0.05) is 25.8 Å². The third-order valence-electron chi connectivity index (χ3n) is 4.64. The van der Waals surface area contributed by atoms with E-state index in [9.17, 15) is 4.79 Å². The van der Waals surface area contributed by atoms with Gasteiger partial charge in [0.15, 0.2) is 11.6 Å². The molecule has 26 heavy (non-hydrogen) atoms. The van der Waals surface area contributed by atoms with Gasteiger partial charge in [-0.15, -0.1) is 0 Å². The molecule has 0 spiro atoms. The number of anilines is 4. The van der Waals surface area contributed by atoms with E-state index in [1.165, 1.54) is 6.33 Å². The zero-order valence-electron chi connectivity index (χ0n) is 15.3. The monoisotopic (exact) mass is 355 g/mol. The SMILES string of the molecule is CCOC(=O)C1CCCN(c2ncnc(N(C)c3ccccc3)c2N)C1. The average molecular weight is 355 g/mol. The molecule has 0 saturated carbocycles. The summed E-state index contributed by atoms with van der Waals surface area (Å²) in [7, 11) is 1.93. The molecule has 1 aromatic heterocycles. The number of benzene rings is 1. The molecule has 1 unspecified atom stereocenters. The summed E-state index contributed by atoms with van der Waals surface area (Å²) >= 11 is 0. The summed E-state index contributed by atoms with van der Waals surface area (Å²) in [6.07, 6.45) is 3.25. The van der Waals surface area contributed by atoms with Crippen LogP contribution >= 0.6 is 0 Å². The van der Waals surface area contributed by atoms with Crippen molar-refractivity contribution in [1.82, 2.24) is 9.97 Å². The minimum atomic E-state index is -0.147. The van der Waals surface area contributed by atoms with Gasteiger partial charge in [0.1, 0.15) is 12.0 Å². The lowest BCUT2D eigenvalue weighted by Gasteiger charge is -2.33. The van der Waals surface area contributed by atoms with Crippen molar-refractivity contribution in [2.24, 2.45) is 5.92 Å². The molecule has 1 fully saturated rings. The Morgan fingerprint density at radius 3 is 2.85 bits per heavy atom. The number of esters is 1. The summed E-state index contributed by atoms with van der Waals surface area (Å²) in [5.74, 6) is 1.03. The van der Waals surface area contributed by atoms with Gasteiger partial charge in [-0.3, -0.25) is 4.79 Å². The van der Waals surface area contributed by atoms with Crippen molar-refractivity contribution in [3.8, 4) is 0 Å². The van der Waals surface area contributed by atoms with E-state index in [1.807, 2.05) is 49.2 Å². The number of para-hydroxylation sites is 1. The highest BCUT2D eigenvalue weighted by atomic mass is 16.5. The highest BCUT2D eigenvalue weighted by Crippen LogP contribution is 2.34. The Bertz CT molecular complexity index is 753. The first-order valence-electron chi connectivity index (χ1n) is 8.92. The summed E-state index contributed by atoms with van der Waals surface area (Å²) in [5, 5.41) is 0. The van der Waals surface area contributed by atoms with E-state index in [1.54, 1.807) is 0 Å². The fraction of sp³-hybridized carbons (Fsp3) is 0.421. The van der Waals surface area contributed by atoms with E-state index in [-0.39, 0.29) is 11.9 Å². The van der Waals surface area contributed by atoms with Gasteiger partial charge < -0.3 is 20.3 Å². The van der Waals surface area contributed by atoms with Crippen molar-refractivity contribution in [1.29, 1.82) is 0 Å². The number of aromatic nitrogens is 2. The number of nitrogens with zero attached hydrogens (tertiary/aromatic N) is 4. The van der Waals surface area contributed by atoms with Crippen molar-refractivity contribution in [3.63, 3.8) is 0 Å². The Morgan fingerprint density at radius 2 is 2.12 bits per heavy atom. The maximum Gasteiger partial charge on any atom is 0.310 e. The molecule has 1 saturated heterocycles. The van der Waals surface area contributed by atoms with Gasteiger partial charge in [0.2, 0.25) is 0 Å². The van der Waals surface area contributed by atoms with Crippen LogP contribution in [0.2, 0.25) is 0 Å². The molecule has 2 heterocycles. The van der Waals surface area contributed by atoms with Crippen molar-refractivity contribution in [3.05, 3.63) is 36.7 Å². The number of ether oxygens (including phenoxy) is 1. The van der Waals surface area contributed by atoms with Gasteiger partial charge in [-0.05, 0) is 31.9 Å². The summed E-state index contributed by atoms with van der Waals surface area (Å²) in [5.41, 5.74) is 7.92. The predicted molar refractivity (Wildman–Crippen MR) is 103 cm³/mol. The number of nitrogens with two attached hydrogens (primary N) is 1. The second-order valence-corrected chi connectivity index (χ2v) is 6.37. The minimum absolute atomic E-state index is 0.145. The standard InChI is InChI=1S/C19H25N5O2/c1-3-26-19(25)14-8-7-11-24(12-14)18-16(20)17(21-13-22-18)23(2)15-9-5-4-6-10-15/h4-6,9-10,13-14H,3,7-8,11-12,20H2,1-2H3. The molecule has 7 heteroatoms. The number of hydrogen-bond donors (Lipinski definition) is 1. The second kappa shape index (κ2) is 8.03. The van der Waals surface area contributed by atoms with Crippen LogP contribution in [0.15, 0.2) is 36.7 Å². The van der Waals surface area contributed by atoms with Gasteiger partial charge in [-0.25, -0.2) is 9.97 Å². The molecule has 138 valence electrons. The van der Waals surface area contributed by atoms with Crippen molar-refractivity contribution >= 4 is 29.0 Å². The highest BCUT2D eigenvalue weighted by molar-refractivity contribution is 5.80. The Kier molecular flexibility index (Phi) is 5.55. The predicted octanol–water partition coefficient (Wildman–Crippen LogP) is 2.61. The fourth-order valence-electron chi connectivity index (χ4n) is 3.29. The van der Waals surface area contributed by atoms with Gasteiger partial charge >= 0.3 is 5.97 Å². The van der Waals surface area contributed by atoms with Crippen LogP contribution in [0.1, 0.15) is 19.8 Å².